The van der Waals surface area contributed by atoms with Gasteiger partial charge < -0.3 is 16.0 Å². The third-order valence-corrected chi connectivity index (χ3v) is 3.19. The number of carbonyl (C=O) groups excluding carboxylic acids is 1. The monoisotopic (exact) mass is 251 g/mol. The fourth-order valence-corrected chi connectivity index (χ4v) is 2.02. The molecule has 1 unspecified atom stereocenters. The van der Waals surface area contributed by atoms with Crippen molar-refractivity contribution in [3.63, 3.8) is 0 Å². The van der Waals surface area contributed by atoms with E-state index in [1.54, 1.807) is 18.2 Å². The molecule has 1 aliphatic heterocycles. The molecule has 98 valence electrons. The fraction of sp³-hybridized carbons (Fsp3) is 0.462. The van der Waals surface area contributed by atoms with Gasteiger partial charge in [-0.25, -0.2) is 4.39 Å². The van der Waals surface area contributed by atoms with Gasteiger partial charge in [-0.2, -0.15) is 0 Å². The maximum absolute atomic E-state index is 13.3. The van der Waals surface area contributed by atoms with Crippen LogP contribution in [0.2, 0.25) is 0 Å². The van der Waals surface area contributed by atoms with Crippen LogP contribution >= 0.6 is 0 Å². The van der Waals surface area contributed by atoms with Crippen molar-refractivity contribution in [2.75, 3.05) is 25.0 Å². The Morgan fingerprint density at radius 3 is 2.94 bits per heavy atom. The van der Waals surface area contributed by atoms with Crippen LogP contribution in [0.25, 0.3) is 0 Å². The standard InChI is InChI=1S/C13H18FN3O/c1-13(6-7-15-9-13)16-8-12(18)17-11-5-3-2-4-10(11)14/h2-5,15-16H,6-9H2,1H3,(H,17,18). The first-order chi connectivity index (χ1) is 8.59. The summed E-state index contributed by atoms with van der Waals surface area (Å²) >= 11 is 0. The molecule has 0 aliphatic carbocycles. The van der Waals surface area contributed by atoms with Crippen LogP contribution in [0.3, 0.4) is 0 Å². The first-order valence-electron chi connectivity index (χ1n) is 6.09. The number of amides is 1. The van der Waals surface area contributed by atoms with E-state index in [9.17, 15) is 9.18 Å². The number of benzene rings is 1. The highest BCUT2D eigenvalue weighted by atomic mass is 19.1. The lowest BCUT2D eigenvalue weighted by Gasteiger charge is -2.24. The predicted octanol–water partition coefficient (Wildman–Crippen LogP) is 1.11. The summed E-state index contributed by atoms with van der Waals surface area (Å²) in [6.45, 7) is 4.06. The molecule has 2 rings (SSSR count). The number of hydrogen-bond acceptors (Lipinski definition) is 3. The van der Waals surface area contributed by atoms with Crippen molar-refractivity contribution in [3.8, 4) is 0 Å². The minimum Gasteiger partial charge on any atom is -0.322 e. The van der Waals surface area contributed by atoms with Crippen LogP contribution in [0.4, 0.5) is 10.1 Å². The summed E-state index contributed by atoms with van der Waals surface area (Å²) in [7, 11) is 0. The summed E-state index contributed by atoms with van der Waals surface area (Å²) in [5.74, 6) is -0.646. The molecule has 5 heteroatoms. The van der Waals surface area contributed by atoms with Gasteiger partial charge in [0.05, 0.1) is 12.2 Å². The van der Waals surface area contributed by atoms with Crippen LogP contribution in [0.5, 0.6) is 0 Å². The van der Waals surface area contributed by atoms with Gasteiger partial charge in [-0.15, -0.1) is 0 Å². The third-order valence-electron chi connectivity index (χ3n) is 3.19. The molecular weight excluding hydrogens is 233 g/mol. The molecule has 0 aromatic heterocycles. The van der Waals surface area contributed by atoms with E-state index < -0.39 is 5.82 Å². The Kier molecular flexibility index (Phi) is 3.93. The Balaban J connectivity index is 1.84. The largest absolute Gasteiger partial charge is 0.322 e. The SMILES string of the molecule is CC1(NCC(=O)Nc2ccccc2F)CCNC1. The normalized spacial score (nSPS) is 23.0. The van der Waals surface area contributed by atoms with E-state index in [4.69, 9.17) is 0 Å². The average Bonchev–Trinajstić information content (AvgIpc) is 2.77. The number of rotatable bonds is 4. The lowest BCUT2D eigenvalue weighted by atomic mass is 10.0. The van der Waals surface area contributed by atoms with E-state index in [0.29, 0.717) is 0 Å². The number of halogens is 1. The van der Waals surface area contributed by atoms with Gasteiger partial charge in [0.25, 0.3) is 0 Å². The molecule has 1 heterocycles. The molecule has 18 heavy (non-hydrogen) atoms. The summed E-state index contributed by atoms with van der Waals surface area (Å²) in [6.07, 6.45) is 0.986. The van der Waals surface area contributed by atoms with Crippen LogP contribution in [0, 0.1) is 5.82 Å². The number of para-hydroxylation sites is 1. The Morgan fingerprint density at radius 2 is 2.28 bits per heavy atom. The number of anilines is 1. The van der Waals surface area contributed by atoms with E-state index in [0.717, 1.165) is 19.5 Å². The molecule has 0 saturated carbocycles. The number of nitrogens with one attached hydrogen (secondary N) is 3. The minimum atomic E-state index is -0.417. The second-order valence-corrected chi connectivity index (χ2v) is 4.87. The van der Waals surface area contributed by atoms with Crippen molar-refractivity contribution in [2.24, 2.45) is 0 Å². The zero-order valence-corrected chi connectivity index (χ0v) is 10.4. The van der Waals surface area contributed by atoms with Crippen LogP contribution < -0.4 is 16.0 Å². The molecular formula is C13H18FN3O. The van der Waals surface area contributed by atoms with Gasteiger partial charge in [0.15, 0.2) is 0 Å². The smallest absolute Gasteiger partial charge is 0.238 e. The van der Waals surface area contributed by atoms with Crippen molar-refractivity contribution in [3.05, 3.63) is 30.1 Å². The Labute approximate surface area is 106 Å². The van der Waals surface area contributed by atoms with Crippen molar-refractivity contribution < 1.29 is 9.18 Å². The molecule has 0 spiro atoms. The zero-order chi connectivity index (χ0) is 13.0. The van der Waals surface area contributed by atoms with Crippen molar-refractivity contribution in [1.82, 2.24) is 10.6 Å². The highest BCUT2D eigenvalue weighted by Gasteiger charge is 2.28. The Morgan fingerprint density at radius 1 is 1.50 bits per heavy atom. The molecule has 1 aliphatic rings. The highest BCUT2D eigenvalue weighted by Crippen LogP contribution is 2.14. The topological polar surface area (TPSA) is 53.2 Å². The Bertz CT molecular complexity index is 430. The first-order valence-corrected chi connectivity index (χ1v) is 6.09. The molecule has 1 fully saturated rings. The van der Waals surface area contributed by atoms with Gasteiger partial charge >= 0.3 is 0 Å². The summed E-state index contributed by atoms with van der Waals surface area (Å²) in [4.78, 5) is 11.7. The zero-order valence-electron chi connectivity index (χ0n) is 10.4. The Hall–Kier alpha value is -1.46. The summed E-state index contributed by atoms with van der Waals surface area (Å²) < 4.78 is 13.3. The minimum absolute atomic E-state index is 0.0490. The summed E-state index contributed by atoms with van der Waals surface area (Å²) in [6, 6.07) is 6.15. The maximum Gasteiger partial charge on any atom is 0.238 e. The van der Waals surface area contributed by atoms with Gasteiger partial charge in [-0.3, -0.25) is 4.79 Å². The molecule has 3 N–H and O–H groups in total. The quantitative estimate of drug-likeness (QED) is 0.751. The molecule has 1 aromatic rings. The molecule has 0 radical (unpaired) electrons. The highest BCUT2D eigenvalue weighted by molar-refractivity contribution is 5.92. The third kappa shape index (κ3) is 3.27. The van der Waals surface area contributed by atoms with Crippen LogP contribution in [0.1, 0.15) is 13.3 Å². The maximum atomic E-state index is 13.3. The van der Waals surface area contributed by atoms with Crippen LogP contribution in [0.15, 0.2) is 24.3 Å². The predicted molar refractivity (Wildman–Crippen MR) is 68.9 cm³/mol. The van der Waals surface area contributed by atoms with E-state index in [-0.39, 0.29) is 23.7 Å². The lowest BCUT2D eigenvalue weighted by molar-refractivity contribution is -0.115. The van der Waals surface area contributed by atoms with Gasteiger partial charge in [0.1, 0.15) is 5.82 Å². The summed E-state index contributed by atoms with van der Waals surface area (Å²) in [5.41, 5.74) is 0.172. The van der Waals surface area contributed by atoms with Crippen molar-refractivity contribution in [1.29, 1.82) is 0 Å². The van der Waals surface area contributed by atoms with E-state index in [2.05, 4.69) is 22.9 Å². The van der Waals surface area contributed by atoms with E-state index in [1.807, 2.05) is 0 Å². The van der Waals surface area contributed by atoms with Gasteiger partial charge in [-0.05, 0) is 32.0 Å². The molecule has 4 nitrogen and oxygen atoms in total. The number of hydrogen-bond donors (Lipinski definition) is 3. The van der Waals surface area contributed by atoms with Gasteiger partial charge in [0, 0.05) is 12.1 Å². The second-order valence-electron chi connectivity index (χ2n) is 4.87. The molecule has 1 saturated heterocycles. The second kappa shape index (κ2) is 5.46. The van der Waals surface area contributed by atoms with Gasteiger partial charge in [0.2, 0.25) is 5.91 Å². The van der Waals surface area contributed by atoms with E-state index >= 15 is 0 Å². The van der Waals surface area contributed by atoms with Crippen molar-refractivity contribution >= 4 is 11.6 Å². The molecule has 1 amide bonds. The van der Waals surface area contributed by atoms with Crippen LogP contribution in [-0.2, 0) is 4.79 Å². The molecule has 1 aromatic carbocycles. The average molecular weight is 251 g/mol. The molecule has 0 bridgehead atoms. The first kappa shape index (κ1) is 13.0. The van der Waals surface area contributed by atoms with E-state index in [1.165, 1.54) is 6.07 Å². The molecule has 1 atom stereocenters. The van der Waals surface area contributed by atoms with Crippen molar-refractivity contribution in [2.45, 2.75) is 18.9 Å². The van der Waals surface area contributed by atoms with Gasteiger partial charge in [-0.1, -0.05) is 12.1 Å². The lowest BCUT2D eigenvalue weighted by Crippen LogP contribution is -2.47. The fourth-order valence-electron chi connectivity index (χ4n) is 2.02. The number of carbonyl (C=O) groups is 1. The summed E-state index contributed by atoms with van der Waals surface area (Å²) in [5, 5.41) is 9.00. The van der Waals surface area contributed by atoms with Crippen LogP contribution in [-0.4, -0.2) is 31.1 Å².